The van der Waals surface area contributed by atoms with E-state index in [1.54, 1.807) is 6.08 Å². The number of piperazine rings is 1. The van der Waals surface area contributed by atoms with Crippen molar-refractivity contribution < 1.29 is 4.79 Å². The van der Waals surface area contributed by atoms with Gasteiger partial charge in [-0.1, -0.05) is 6.08 Å². The fourth-order valence-corrected chi connectivity index (χ4v) is 1.71. The molecule has 1 aliphatic rings. The fraction of sp³-hybridized carbons (Fsp3) is 0.727. The summed E-state index contributed by atoms with van der Waals surface area (Å²) in [7, 11) is 0. The van der Waals surface area contributed by atoms with E-state index in [-0.39, 0.29) is 6.03 Å². The average Bonchev–Trinajstić information content (AvgIpc) is 2.26. The van der Waals surface area contributed by atoms with Crippen LogP contribution >= 0.6 is 0 Å². The molecule has 86 valence electrons. The highest BCUT2D eigenvalue weighted by atomic mass is 16.2. The minimum absolute atomic E-state index is 0.0262. The first kappa shape index (κ1) is 12.0. The second-order valence-corrected chi connectivity index (χ2v) is 4.09. The van der Waals surface area contributed by atoms with Gasteiger partial charge in [-0.2, -0.15) is 0 Å². The van der Waals surface area contributed by atoms with Gasteiger partial charge in [-0.15, -0.1) is 6.58 Å². The maximum absolute atomic E-state index is 11.6. The summed E-state index contributed by atoms with van der Waals surface area (Å²) >= 11 is 0. The number of nitrogens with zero attached hydrogens (tertiary/aromatic N) is 2. The van der Waals surface area contributed by atoms with Crippen molar-refractivity contribution in [3.05, 3.63) is 12.7 Å². The molecule has 4 nitrogen and oxygen atoms in total. The summed E-state index contributed by atoms with van der Waals surface area (Å²) in [6.45, 7) is 12.1. The van der Waals surface area contributed by atoms with Crippen LogP contribution in [0.2, 0.25) is 0 Å². The smallest absolute Gasteiger partial charge is 0.317 e. The Labute approximate surface area is 91.9 Å². The number of urea groups is 1. The van der Waals surface area contributed by atoms with Gasteiger partial charge >= 0.3 is 6.03 Å². The number of carbonyl (C=O) groups is 1. The number of nitrogens with one attached hydrogen (secondary N) is 1. The fourth-order valence-electron chi connectivity index (χ4n) is 1.71. The first-order valence-corrected chi connectivity index (χ1v) is 5.53. The van der Waals surface area contributed by atoms with Crippen LogP contribution in [-0.2, 0) is 0 Å². The van der Waals surface area contributed by atoms with E-state index in [0.29, 0.717) is 12.6 Å². The van der Waals surface area contributed by atoms with Crippen molar-refractivity contribution in [1.29, 1.82) is 0 Å². The van der Waals surface area contributed by atoms with E-state index < -0.39 is 0 Å². The molecule has 0 aliphatic carbocycles. The van der Waals surface area contributed by atoms with E-state index in [0.717, 1.165) is 26.2 Å². The molecule has 0 spiro atoms. The van der Waals surface area contributed by atoms with Gasteiger partial charge in [0.1, 0.15) is 0 Å². The Kier molecular flexibility index (Phi) is 4.62. The number of carbonyl (C=O) groups excluding carboxylic acids is 1. The summed E-state index contributed by atoms with van der Waals surface area (Å²) in [5.74, 6) is 0. The Morgan fingerprint density at radius 1 is 1.40 bits per heavy atom. The number of hydrogen-bond acceptors (Lipinski definition) is 2. The molecule has 0 atom stereocenters. The molecular formula is C11H21N3O. The summed E-state index contributed by atoms with van der Waals surface area (Å²) in [5.41, 5.74) is 0. The Morgan fingerprint density at radius 3 is 2.47 bits per heavy atom. The molecule has 1 saturated heterocycles. The molecule has 0 bridgehead atoms. The Balaban J connectivity index is 2.30. The van der Waals surface area contributed by atoms with E-state index >= 15 is 0 Å². The van der Waals surface area contributed by atoms with Crippen LogP contribution in [0.25, 0.3) is 0 Å². The zero-order valence-corrected chi connectivity index (χ0v) is 9.70. The molecule has 0 saturated carbocycles. The lowest BCUT2D eigenvalue weighted by Crippen LogP contribution is -2.53. The van der Waals surface area contributed by atoms with Gasteiger partial charge in [-0.3, -0.25) is 4.90 Å². The predicted molar refractivity (Wildman–Crippen MR) is 61.9 cm³/mol. The molecule has 1 heterocycles. The summed E-state index contributed by atoms with van der Waals surface area (Å²) in [5, 5.41) is 2.80. The van der Waals surface area contributed by atoms with Crippen molar-refractivity contribution in [2.75, 3.05) is 32.7 Å². The molecule has 1 N–H and O–H groups in total. The second kappa shape index (κ2) is 5.75. The van der Waals surface area contributed by atoms with Gasteiger partial charge < -0.3 is 10.2 Å². The minimum atomic E-state index is 0.0262. The summed E-state index contributed by atoms with van der Waals surface area (Å²) < 4.78 is 0. The summed E-state index contributed by atoms with van der Waals surface area (Å²) in [6, 6.07) is 0.599. The van der Waals surface area contributed by atoms with E-state index in [4.69, 9.17) is 0 Å². The standard InChI is InChI=1S/C11H21N3O/c1-4-5-12-11(15)14-8-6-13(7-9-14)10(2)3/h4,10H,1,5-9H2,2-3H3,(H,12,15). The Hall–Kier alpha value is -1.03. The molecule has 0 unspecified atom stereocenters. The Bertz CT molecular complexity index is 220. The lowest BCUT2D eigenvalue weighted by Gasteiger charge is -2.36. The first-order chi connectivity index (χ1) is 7.15. The molecule has 2 amide bonds. The molecule has 0 aromatic carbocycles. The van der Waals surface area contributed by atoms with Crippen LogP contribution < -0.4 is 5.32 Å². The third-order valence-electron chi connectivity index (χ3n) is 2.73. The van der Waals surface area contributed by atoms with Crippen molar-refractivity contribution in [3.63, 3.8) is 0 Å². The van der Waals surface area contributed by atoms with Gasteiger partial charge in [0.05, 0.1) is 0 Å². The van der Waals surface area contributed by atoms with Crippen LogP contribution in [0.1, 0.15) is 13.8 Å². The van der Waals surface area contributed by atoms with Crippen molar-refractivity contribution in [1.82, 2.24) is 15.1 Å². The van der Waals surface area contributed by atoms with Crippen molar-refractivity contribution >= 4 is 6.03 Å². The zero-order chi connectivity index (χ0) is 11.3. The molecule has 1 rings (SSSR count). The van der Waals surface area contributed by atoms with Crippen LogP contribution in [0.5, 0.6) is 0 Å². The van der Waals surface area contributed by atoms with Gasteiger partial charge in [0, 0.05) is 38.8 Å². The van der Waals surface area contributed by atoms with Crippen LogP contribution in [-0.4, -0.2) is 54.6 Å². The van der Waals surface area contributed by atoms with Crippen LogP contribution in [0, 0.1) is 0 Å². The average molecular weight is 211 g/mol. The molecule has 15 heavy (non-hydrogen) atoms. The highest BCUT2D eigenvalue weighted by Crippen LogP contribution is 2.05. The van der Waals surface area contributed by atoms with Crippen LogP contribution in [0.4, 0.5) is 4.79 Å². The molecular weight excluding hydrogens is 190 g/mol. The van der Waals surface area contributed by atoms with Crippen molar-refractivity contribution in [3.8, 4) is 0 Å². The number of hydrogen-bond donors (Lipinski definition) is 1. The van der Waals surface area contributed by atoms with Crippen molar-refractivity contribution in [2.45, 2.75) is 19.9 Å². The normalized spacial score (nSPS) is 17.9. The monoisotopic (exact) mass is 211 g/mol. The van der Waals surface area contributed by atoms with Gasteiger partial charge in [-0.25, -0.2) is 4.79 Å². The number of amides is 2. The maximum Gasteiger partial charge on any atom is 0.317 e. The quantitative estimate of drug-likeness (QED) is 0.704. The molecule has 0 radical (unpaired) electrons. The third-order valence-corrected chi connectivity index (χ3v) is 2.73. The third kappa shape index (κ3) is 3.55. The van der Waals surface area contributed by atoms with Crippen molar-refractivity contribution in [2.24, 2.45) is 0 Å². The highest BCUT2D eigenvalue weighted by molar-refractivity contribution is 5.74. The van der Waals surface area contributed by atoms with E-state index in [1.165, 1.54) is 0 Å². The predicted octanol–water partition coefficient (Wildman–Crippen LogP) is 0.908. The van der Waals surface area contributed by atoms with Crippen LogP contribution in [0.3, 0.4) is 0 Å². The molecule has 0 aromatic rings. The van der Waals surface area contributed by atoms with E-state index in [9.17, 15) is 4.79 Å². The van der Waals surface area contributed by atoms with Gasteiger partial charge in [-0.05, 0) is 13.8 Å². The lowest BCUT2D eigenvalue weighted by molar-refractivity contribution is 0.120. The Morgan fingerprint density at radius 2 is 2.00 bits per heavy atom. The summed E-state index contributed by atoms with van der Waals surface area (Å²) in [6.07, 6.45) is 1.70. The topological polar surface area (TPSA) is 35.6 Å². The molecule has 0 aromatic heterocycles. The highest BCUT2D eigenvalue weighted by Gasteiger charge is 2.21. The number of rotatable bonds is 3. The molecule has 1 aliphatic heterocycles. The first-order valence-electron chi connectivity index (χ1n) is 5.53. The summed E-state index contributed by atoms with van der Waals surface area (Å²) in [4.78, 5) is 15.8. The largest absolute Gasteiger partial charge is 0.335 e. The molecule has 4 heteroatoms. The minimum Gasteiger partial charge on any atom is -0.335 e. The van der Waals surface area contributed by atoms with Gasteiger partial charge in [0.15, 0.2) is 0 Å². The van der Waals surface area contributed by atoms with Crippen LogP contribution in [0.15, 0.2) is 12.7 Å². The molecule has 1 fully saturated rings. The second-order valence-electron chi connectivity index (χ2n) is 4.09. The SMILES string of the molecule is C=CCNC(=O)N1CCN(C(C)C)CC1. The maximum atomic E-state index is 11.6. The zero-order valence-electron chi connectivity index (χ0n) is 9.70. The van der Waals surface area contributed by atoms with Gasteiger partial charge in [0.2, 0.25) is 0 Å². The lowest BCUT2D eigenvalue weighted by atomic mass is 10.2. The van der Waals surface area contributed by atoms with E-state index in [2.05, 4.69) is 30.6 Å². The van der Waals surface area contributed by atoms with E-state index in [1.807, 2.05) is 4.90 Å². The van der Waals surface area contributed by atoms with Gasteiger partial charge in [0.25, 0.3) is 0 Å².